The first kappa shape index (κ1) is 22.5. The van der Waals surface area contributed by atoms with E-state index in [4.69, 9.17) is 0 Å². The van der Waals surface area contributed by atoms with E-state index in [2.05, 4.69) is 10.6 Å². The van der Waals surface area contributed by atoms with E-state index >= 15 is 0 Å². The Bertz CT molecular complexity index is 891. The first-order chi connectivity index (χ1) is 15.0. The van der Waals surface area contributed by atoms with Gasteiger partial charge < -0.3 is 10.2 Å². The number of amides is 4. The van der Waals surface area contributed by atoms with Crippen LogP contribution in [-0.4, -0.2) is 60.4 Å². The van der Waals surface area contributed by atoms with Crippen LogP contribution in [0.3, 0.4) is 0 Å². The number of nitrogens with one attached hydrogen (secondary N) is 2. The molecule has 2 aromatic rings. The number of hydrogen-bond acceptors (Lipinski definition) is 4. The fraction of sp³-hybridized carbons (Fsp3) is 0.375. The Morgan fingerprint density at radius 2 is 1.58 bits per heavy atom. The van der Waals surface area contributed by atoms with Crippen LogP contribution in [0.5, 0.6) is 0 Å². The van der Waals surface area contributed by atoms with Crippen molar-refractivity contribution in [3.63, 3.8) is 0 Å². The van der Waals surface area contributed by atoms with Gasteiger partial charge in [0.25, 0.3) is 0 Å². The van der Waals surface area contributed by atoms with Gasteiger partial charge in [-0.05, 0) is 25.0 Å². The number of urea groups is 1. The highest BCUT2D eigenvalue weighted by Gasteiger charge is 2.32. The van der Waals surface area contributed by atoms with Crippen LogP contribution in [0, 0.1) is 6.92 Å². The summed E-state index contributed by atoms with van der Waals surface area (Å²) in [6.45, 7) is 6.47. The SMILES string of the molecule is CCNC(=O)NC(=O)C(c1ccccc1)N1CCN(C(=O)Cc2ccc(C)cc2)CC1. The van der Waals surface area contributed by atoms with Gasteiger partial charge in [0.2, 0.25) is 11.8 Å². The zero-order valence-corrected chi connectivity index (χ0v) is 18.1. The Morgan fingerprint density at radius 3 is 2.19 bits per heavy atom. The zero-order chi connectivity index (χ0) is 22.2. The Morgan fingerprint density at radius 1 is 0.935 bits per heavy atom. The van der Waals surface area contributed by atoms with E-state index in [0.29, 0.717) is 39.1 Å². The van der Waals surface area contributed by atoms with Gasteiger partial charge in [-0.3, -0.25) is 19.8 Å². The average Bonchev–Trinajstić information content (AvgIpc) is 2.77. The summed E-state index contributed by atoms with van der Waals surface area (Å²) in [5, 5.41) is 5.03. The van der Waals surface area contributed by atoms with Crippen LogP contribution < -0.4 is 10.6 Å². The van der Waals surface area contributed by atoms with Gasteiger partial charge in [0.15, 0.2) is 0 Å². The van der Waals surface area contributed by atoms with Crippen LogP contribution in [0.2, 0.25) is 0 Å². The van der Waals surface area contributed by atoms with E-state index in [-0.39, 0.29) is 11.8 Å². The van der Waals surface area contributed by atoms with Crippen LogP contribution in [0.1, 0.15) is 29.7 Å². The molecule has 4 amide bonds. The van der Waals surface area contributed by atoms with E-state index in [0.717, 1.165) is 11.1 Å². The summed E-state index contributed by atoms with van der Waals surface area (Å²) >= 11 is 0. The summed E-state index contributed by atoms with van der Waals surface area (Å²) in [5.41, 5.74) is 2.99. The number of aryl methyl sites for hydroxylation is 1. The fourth-order valence-electron chi connectivity index (χ4n) is 3.77. The van der Waals surface area contributed by atoms with Crippen molar-refractivity contribution in [1.29, 1.82) is 0 Å². The molecule has 7 nitrogen and oxygen atoms in total. The largest absolute Gasteiger partial charge is 0.340 e. The second-order valence-corrected chi connectivity index (χ2v) is 7.74. The molecule has 3 rings (SSSR count). The maximum absolute atomic E-state index is 12.9. The van der Waals surface area contributed by atoms with Crippen LogP contribution >= 0.6 is 0 Å². The first-order valence-corrected chi connectivity index (χ1v) is 10.7. The van der Waals surface area contributed by atoms with Crippen molar-refractivity contribution < 1.29 is 14.4 Å². The summed E-state index contributed by atoms with van der Waals surface area (Å²) in [4.78, 5) is 41.4. The van der Waals surface area contributed by atoms with Crippen molar-refractivity contribution in [3.05, 3.63) is 71.3 Å². The Kier molecular flexibility index (Phi) is 7.78. The van der Waals surface area contributed by atoms with Crippen LogP contribution in [0.15, 0.2) is 54.6 Å². The minimum Gasteiger partial charge on any atom is -0.340 e. The maximum Gasteiger partial charge on any atom is 0.321 e. The molecule has 164 valence electrons. The maximum atomic E-state index is 12.9. The highest BCUT2D eigenvalue weighted by Crippen LogP contribution is 2.23. The third-order valence-electron chi connectivity index (χ3n) is 5.45. The van der Waals surface area contributed by atoms with Gasteiger partial charge in [0.1, 0.15) is 6.04 Å². The van der Waals surface area contributed by atoms with Crippen LogP contribution in [0.25, 0.3) is 0 Å². The lowest BCUT2D eigenvalue weighted by atomic mass is 10.0. The molecule has 7 heteroatoms. The molecule has 1 heterocycles. The minimum atomic E-state index is -0.585. The lowest BCUT2D eigenvalue weighted by molar-refractivity contribution is -0.133. The second kappa shape index (κ2) is 10.7. The number of piperazine rings is 1. The topological polar surface area (TPSA) is 81.8 Å². The molecule has 31 heavy (non-hydrogen) atoms. The molecular weight excluding hydrogens is 392 g/mol. The molecule has 0 bridgehead atoms. The van der Waals surface area contributed by atoms with Crippen molar-refractivity contribution >= 4 is 17.8 Å². The van der Waals surface area contributed by atoms with E-state index < -0.39 is 12.1 Å². The molecular formula is C24H30N4O3. The number of imide groups is 1. The highest BCUT2D eigenvalue weighted by atomic mass is 16.2. The van der Waals surface area contributed by atoms with Gasteiger partial charge >= 0.3 is 6.03 Å². The Labute approximate surface area is 183 Å². The van der Waals surface area contributed by atoms with Crippen molar-refractivity contribution in [2.24, 2.45) is 0 Å². The number of nitrogens with zero attached hydrogens (tertiary/aromatic N) is 2. The summed E-state index contributed by atoms with van der Waals surface area (Å²) < 4.78 is 0. The molecule has 2 N–H and O–H groups in total. The quantitative estimate of drug-likeness (QED) is 0.748. The molecule has 1 aliphatic rings. The summed E-state index contributed by atoms with van der Waals surface area (Å²) in [5.74, 6) is -0.275. The molecule has 0 saturated carbocycles. The molecule has 0 spiro atoms. The number of carbonyl (C=O) groups excluding carboxylic acids is 3. The lowest BCUT2D eigenvalue weighted by Crippen LogP contribution is -2.53. The molecule has 1 atom stereocenters. The van der Waals surface area contributed by atoms with E-state index in [9.17, 15) is 14.4 Å². The normalized spacial score (nSPS) is 15.2. The predicted molar refractivity (Wildman–Crippen MR) is 119 cm³/mol. The molecule has 0 radical (unpaired) electrons. The van der Waals surface area contributed by atoms with E-state index in [1.54, 1.807) is 6.92 Å². The van der Waals surface area contributed by atoms with Gasteiger partial charge in [0.05, 0.1) is 6.42 Å². The molecule has 0 aliphatic carbocycles. The van der Waals surface area contributed by atoms with Gasteiger partial charge in [0, 0.05) is 32.7 Å². The Hall–Kier alpha value is -3.19. The lowest BCUT2D eigenvalue weighted by Gasteiger charge is -2.38. The summed E-state index contributed by atoms with van der Waals surface area (Å²) in [7, 11) is 0. The van der Waals surface area contributed by atoms with Gasteiger partial charge in [-0.2, -0.15) is 0 Å². The number of rotatable bonds is 6. The van der Waals surface area contributed by atoms with E-state index in [1.807, 2.05) is 71.3 Å². The molecule has 1 saturated heterocycles. The zero-order valence-electron chi connectivity index (χ0n) is 18.1. The van der Waals surface area contributed by atoms with Gasteiger partial charge in [-0.15, -0.1) is 0 Å². The first-order valence-electron chi connectivity index (χ1n) is 10.7. The van der Waals surface area contributed by atoms with Crippen LogP contribution in [-0.2, 0) is 16.0 Å². The van der Waals surface area contributed by atoms with Crippen LogP contribution in [0.4, 0.5) is 4.79 Å². The van der Waals surface area contributed by atoms with Crippen molar-refractivity contribution in [1.82, 2.24) is 20.4 Å². The van der Waals surface area contributed by atoms with Gasteiger partial charge in [-0.1, -0.05) is 60.2 Å². The van der Waals surface area contributed by atoms with Gasteiger partial charge in [-0.25, -0.2) is 4.79 Å². The average molecular weight is 423 g/mol. The third-order valence-corrected chi connectivity index (χ3v) is 5.45. The third kappa shape index (κ3) is 6.15. The van der Waals surface area contributed by atoms with Crippen molar-refractivity contribution in [2.45, 2.75) is 26.3 Å². The number of benzene rings is 2. The van der Waals surface area contributed by atoms with E-state index in [1.165, 1.54) is 5.56 Å². The molecule has 0 aromatic heterocycles. The van der Waals surface area contributed by atoms with Crippen molar-refractivity contribution in [3.8, 4) is 0 Å². The van der Waals surface area contributed by atoms with Crippen molar-refractivity contribution in [2.75, 3.05) is 32.7 Å². The molecule has 2 aromatic carbocycles. The summed E-state index contributed by atoms with van der Waals surface area (Å²) in [6.07, 6.45) is 0.375. The summed E-state index contributed by atoms with van der Waals surface area (Å²) in [6, 6.07) is 16.3. The molecule has 1 aliphatic heterocycles. The monoisotopic (exact) mass is 422 g/mol. The highest BCUT2D eigenvalue weighted by molar-refractivity contribution is 5.97. The molecule has 1 fully saturated rings. The number of carbonyl (C=O) groups is 3. The Balaban J connectivity index is 1.64. The second-order valence-electron chi connectivity index (χ2n) is 7.74. The smallest absolute Gasteiger partial charge is 0.321 e. The molecule has 1 unspecified atom stereocenters. The minimum absolute atomic E-state index is 0.0894. The standard InChI is InChI=1S/C24H30N4O3/c1-3-25-24(31)26-23(30)22(20-7-5-4-6-8-20)28-15-13-27(14-16-28)21(29)17-19-11-9-18(2)10-12-19/h4-12,22H,3,13-17H2,1-2H3,(H2,25,26,30,31). The predicted octanol–water partition coefficient (Wildman–Crippen LogP) is 2.27. The number of hydrogen-bond donors (Lipinski definition) is 2. The fourth-order valence-corrected chi connectivity index (χ4v) is 3.77.